The van der Waals surface area contributed by atoms with Crippen molar-refractivity contribution in [1.82, 2.24) is 0 Å². The third-order valence-electron chi connectivity index (χ3n) is 3.03. The van der Waals surface area contributed by atoms with Crippen LogP contribution < -0.4 is 10.6 Å². The van der Waals surface area contributed by atoms with Gasteiger partial charge in [0.2, 0.25) is 5.91 Å². The molecule has 126 valence electrons. The maximum Gasteiger partial charge on any atom is 0.337 e. The molecule has 5 nitrogen and oxygen atoms in total. The summed E-state index contributed by atoms with van der Waals surface area (Å²) in [5, 5.41) is 5.26. The molecule has 0 aliphatic heterocycles. The largest absolute Gasteiger partial charge is 0.465 e. The Labute approximate surface area is 141 Å². The van der Waals surface area contributed by atoms with Crippen LogP contribution in [0.25, 0.3) is 0 Å². The first-order chi connectivity index (χ1) is 11.4. The molecule has 8 heteroatoms. The second kappa shape index (κ2) is 7.74. The lowest BCUT2D eigenvalue weighted by molar-refractivity contribution is -0.114. The summed E-state index contributed by atoms with van der Waals surface area (Å²) in [5.41, 5.74) is 0.418. The van der Waals surface area contributed by atoms with Crippen molar-refractivity contribution in [2.75, 3.05) is 24.3 Å². The van der Waals surface area contributed by atoms with Gasteiger partial charge in [-0.25, -0.2) is 13.6 Å². The molecule has 0 heterocycles. The van der Waals surface area contributed by atoms with Crippen molar-refractivity contribution >= 4 is 34.9 Å². The first-order valence-electron chi connectivity index (χ1n) is 6.77. The Morgan fingerprint density at radius 1 is 1.12 bits per heavy atom. The van der Waals surface area contributed by atoms with Crippen molar-refractivity contribution in [2.45, 2.75) is 0 Å². The quantitative estimate of drug-likeness (QED) is 0.807. The Morgan fingerprint density at radius 3 is 2.54 bits per heavy atom. The van der Waals surface area contributed by atoms with Gasteiger partial charge in [-0.15, -0.1) is 0 Å². The van der Waals surface area contributed by atoms with Gasteiger partial charge in [0, 0.05) is 6.07 Å². The summed E-state index contributed by atoms with van der Waals surface area (Å²) in [4.78, 5) is 23.4. The number of hydrogen-bond acceptors (Lipinski definition) is 4. The van der Waals surface area contributed by atoms with Crippen molar-refractivity contribution in [3.63, 3.8) is 0 Å². The molecule has 0 aromatic heterocycles. The van der Waals surface area contributed by atoms with Crippen LogP contribution in [0.1, 0.15) is 10.4 Å². The summed E-state index contributed by atoms with van der Waals surface area (Å²) in [6.45, 7) is -0.276. The molecule has 0 spiro atoms. The second-order valence-electron chi connectivity index (χ2n) is 4.71. The predicted molar refractivity (Wildman–Crippen MR) is 86.3 cm³/mol. The predicted octanol–water partition coefficient (Wildman–Crippen LogP) is 3.46. The lowest BCUT2D eigenvalue weighted by Crippen LogP contribution is -2.22. The van der Waals surface area contributed by atoms with Gasteiger partial charge in [0.05, 0.1) is 35.6 Å². The summed E-state index contributed by atoms with van der Waals surface area (Å²) in [5.74, 6) is -2.63. The minimum atomic E-state index is -0.812. The van der Waals surface area contributed by atoms with Crippen molar-refractivity contribution in [2.24, 2.45) is 0 Å². The molecule has 24 heavy (non-hydrogen) atoms. The molecule has 0 aliphatic rings. The summed E-state index contributed by atoms with van der Waals surface area (Å²) < 4.78 is 30.9. The van der Waals surface area contributed by atoms with E-state index in [0.717, 1.165) is 6.07 Å². The van der Waals surface area contributed by atoms with E-state index in [1.165, 1.54) is 31.4 Å². The summed E-state index contributed by atoms with van der Waals surface area (Å²) in [7, 11) is 1.23. The number of ether oxygens (including phenoxy) is 1. The summed E-state index contributed by atoms with van der Waals surface area (Å²) in [6, 6.07) is 7.22. The molecule has 0 fully saturated rings. The molecule has 0 saturated heterocycles. The minimum Gasteiger partial charge on any atom is -0.465 e. The molecule has 2 aromatic carbocycles. The number of amides is 1. The highest BCUT2D eigenvalue weighted by Gasteiger charge is 2.12. The van der Waals surface area contributed by atoms with Crippen LogP contribution in [0.15, 0.2) is 36.4 Å². The minimum absolute atomic E-state index is 0.0130. The zero-order valence-corrected chi connectivity index (χ0v) is 13.3. The highest BCUT2D eigenvalue weighted by atomic mass is 35.5. The Bertz CT molecular complexity index is 784. The lowest BCUT2D eigenvalue weighted by atomic mass is 10.2. The van der Waals surface area contributed by atoms with E-state index < -0.39 is 23.5 Å². The molecule has 0 atom stereocenters. The van der Waals surface area contributed by atoms with Gasteiger partial charge in [0.15, 0.2) is 0 Å². The first kappa shape index (κ1) is 17.7. The van der Waals surface area contributed by atoms with Crippen LogP contribution in [0.5, 0.6) is 0 Å². The molecule has 0 aliphatic carbocycles. The van der Waals surface area contributed by atoms with E-state index in [9.17, 15) is 18.4 Å². The van der Waals surface area contributed by atoms with Gasteiger partial charge in [-0.1, -0.05) is 11.6 Å². The fraction of sp³-hybridized carbons (Fsp3) is 0.125. The fourth-order valence-electron chi connectivity index (χ4n) is 1.87. The van der Waals surface area contributed by atoms with E-state index in [-0.39, 0.29) is 28.5 Å². The highest BCUT2D eigenvalue weighted by molar-refractivity contribution is 6.33. The molecule has 0 unspecified atom stereocenters. The van der Waals surface area contributed by atoms with Gasteiger partial charge in [-0.05, 0) is 30.3 Å². The number of halogens is 3. The van der Waals surface area contributed by atoms with Crippen LogP contribution in [-0.4, -0.2) is 25.5 Å². The third kappa shape index (κ3) is 4.42. The number of esters is 1. The number of hydrogen-bond donors (Lipinski definition) is 2. The molecule has 2 N–H and O–H groups in total. The number of nitrogens with one attached hydrogen (secondary N) is 2. The molecule has 0 radical (unpaired) electrons. The van der Waals surface area contributed by atoms with Crippen LogP contribution in [0.4, 0.5) is 20.2 Å². The van der Waals surface area contributed by atoms with Crippen LogP contribution in [0.2, 0.25) is 5.02 Å². The molecule has 1 amide bonds. The summed E-state index contributed by atoms with van der Waals surface area (Å²) in [6.07, 6.45) is 0. The fourth-order valence-corrected chi connectivity index (χ4v) is 2.03. The molecular formula is C16H13ClF2N2O3. The van der Waals surface area contributed by atoms with Gasteiger partial charge in [0.25, 0.3) is 0 Å². The van der Waals surface area contributed by atoms with Crippen LogP contribution in [0, 0.1) is 11.6 Å². The normalized spacial score (nSPS) is 10.2. The molecule has 2 rings (SSSR count). The van der Waals surface area contributed by atoms with Crippen LogP contribution >= 0.6 is 11.6 Å². The van der Waals surface area contributed by atoms with E-state index in [2.05, 4.69) is 15.4 Å². The van der Waals surface area contributed by atoms with Gasteiger partial charge < -0.3 is 15.4 Å². The number of rotatable bonds is 5. The van der Waals surface area contributed by atoms with E-state index in [1.807, 2.05) is 0 Å². The first-order valence-corrected chi connectivity index (χ1v) is 7.15. The Morgan fingerprint density at radius 2 is 1.88 bits per heavy atom. The van der Waals surface area contributed by atoms with Gasteiger partial charge in [-0.3, -0.25) is 4.79 Å². The number of anilines is 2. The maximum absolute atomic E-state index is 13.5. The third-order valence-corrected chi connectivity index (χ3v) is 3.36. The average molecular weight is 355 g/mol. The number of carbonyl (C=O) groups is 2. The monoisotopic (exact) mass is 354 g/mol. The van der Waals surface area contributed by atoms with Crippen molar-refractivity contribution in [1.29, 1.82) is 0 Å². The highest BCUT2D eigenvalue weighted by Crippen LogP contribution is 2.23. The second-order valence-corrected chi connectivity index (χ2v) is 5.12. The SMILES string of the molecule is COC(=O)c1ccc(Cl)c(NC(=O)CNc2ccc(F)cc2F)c1. The van der Waals surface area contributed by atoms with Crippen LogP contribution in [-0.2, 0) is 9.53 Å². The van der Waals surface area contributed by atoms with Crippen molar-refractivity contribution in [3.05, 3.63) is 58.6 Å². The average Bonchev–Trinajstić information content (AvgIpc) is 2.55. The lowest BCUT2D eigenvalue weighted by Gasteiger charge is -2.10. The Hall–Kier alpha value is -2.67. The number of benzene rings is 2. The molecule has 0 bridgehead atoms. The zero-order valence-electron chi connectivity index (χ0n) is 12.5. The van der Waals surface area contributed by atoms with E-state index in [4.69, 9.17) is 11.6 Å². The maximum atomic E-state index is 13.5. The summed E-state index contributed by atoms with van der Waals surface area (Å²) >= 11 is 5.96. The van der Waals surface area contributed by atoms with Gasteiger partial charge in [-0.2, -0.15) is 0 Å². The smallest absolute Gasteiger partial charge is 0.337 e. The van der Waals surface area contributed by atoms with Gasteiger partial charge in [0.1, 0.15) is 11.6 Å². The van der Waals surface area contributed by atoms with E-state index in [0.29, 0.717) is 6.07 Å². The molecular weight excluding hydrogens is 342 g/mol. The topological polar surface area (TPSA) is 67.4 Å². The number of carbonyl (C=O) groups excluding carboxylic acids is 2. The Kier molecular flexibility index (Phi) is 5.70. The van der Waals surface area contributed by atoms with E-state index >= 15 is 0 Å². The van der Waals surface area contributed by atoms with Crippen molar-refractivity contribution in [3.8, 4) is 0 Å². The Balaban J connectivity index is 2.03. The molecule has 2 aromatic rings. The number of methoxy groups -OCH3 is 1. The van der Waals surface area contributed by atoms with Crippen molar-refractivity contribution < 1.29 is 23.1 Å². The van der Waals surface area contributed by atoms with Gasteiger partial charge >= 0.3 is 5.97 Å². The zero-order chi connectivity index (χ0) is 17.7. The standard InChI is InChI=1S/C16H13ClF2N2O3/c1-24-16(23)9-2-4-11(17)14(6-9)21-15(22)8-20-13-5-3-10(18)7-12(13)19/h2-7,20H,8H2,1H3,(H,21,22). The molecule has 0 saturated carbocycles. The van der Waals surface area contributed by atoms with E-state index in [1.54, 1.807) is 0 Å². The van der Waals surface area contributed by atoms with Crippen LogP contribution in [0.3, 0.4) is 0 Å².